The third-order valence-corrected chi connectivity index (χ3v) is 8.15. The Bertz CT molecular complexity index is 1430. The monoisotopic (exact) mass is 609 g/mol. The molecular formula is C33H43N3O6S. The molecule has 0 saturated heterocycles. The molecule has 1 unspecified atom stereocenters. The summed E-state index contributed by atoms with van der Waals surface area (Å²) in [5.74, 6) is 1.03. The number of carbonyl (C=O) groups excluding carboxylic acids is 2. The van der Waals surface area contributed by atoms with Crippen LogP contribution in [0.1, 0.15) is 37.8 Å². The van der Waals surface area contributed by atoms with Crippen molar-refractivity contribution >= 4 is 27.5 Å². The smallest absolute Gasteiger partial charge is 0.243 e. The van der Waals surface area contributed by atoms with Crippen molar-refractivity contribution < 1.29 is 27.5 Å². The summed E-state index contributed by atoms with van der Waals surface area (Å²) in [4.78, 5) is 29.2. The molecule has 232 valence electrons. The van der Waals surface area contributed by atoms with E-state index in [4.69, 9.17) is 9.47 Å². The molecule has 10 heteroatoms. The van der Waals surface area contributed by atoms with Crippen molar-refractivity contribution in [2.45, 2.75) is 45.7 Å². The second-order valence-electron chi connectivity index (χ2n) is 10.9. The zero-order chi connectivity index (χ0) is 31.4. The molecule has 43 heavy (non-hydrogen) atoms. The van der Waals surface area contributed by atoms with E-state index in [9.17, 15) is 18.0 Å². The van der Waals surface area contributed by atoms with Gasteiger partial charge < -0.3 is 19.7 Å². The molecule has 3 rings (SSSR count). The highest BCUT2D eigenvalue weighted by atomic mass is 32.2. The molecule has 1 N–H and O–H groups in total. The molecule has 0 aliphatic rings. The second-order valence-corrected chi connectivity index (χ2v) is 12.8. The maximum absolute atomic E-state index is 14.0. The molecule has 0 aliphatic carbocycles. The fourth-order valence-corrected chi connectivity index (χ4v) is 5.66. The number of rotatable bonds is 16. The number of nitrogens with one attached hydrogen (secondary N) is 1. The second kappa shape index (κ2) is 16.0. The Labute approximate surface area is 255 Å². The predicted molar refractivity (Wildman–Crippen MR) is 170 cm³/mol. The van der Waals surface area contributed by atoms with Crippen LogP contribution >= 0.6 is 0 Å². The highest BCUT2D eigenvalue weighted by Gasteiger charge is 2.30. The zero-order valence-electron chi connectivity index (χ0n) is 25.7. The maximum Gasteiger partial charge on any atom is 0.243 e. The fourth-order valence-electron chi connectivity index (χ4n) is 4.70. The summed E-state index contributed by atoms with van der Waals surface area (Å²) < 4.78 is 37.2. The van der Waals surface area contributed by atoms with E-state index in [1.807, 2.05) is 68.4 Å². The van der Waals surface area contributed by atoms with Gasteiger partial charge in [-0.05, 0) is 59.9 Å². The van der Waals surface area contributed by atoms with E-state index in [0.29, 0.717) is 30.2 Å². The highest BCUT2D eigenvalue weighted by Crippen LogP contribution is 2.23. The minimum atomic E-state index is -3.61. The normalized spacial score (nSPS) is 12.0. The first-order valence-corrected chi connectivity index (χ1v) is 16.2. The minimum absolute atomic E-state index is 0.0505. The largest absolute Gasteiger partial charge is 0.497 e. The Morgan fingerprint density at radius 3 is 2.12 bits per heavy atom. The zero-order valence-corrected chi connectivity index (χ0v) is 26.5. The van der Waals surface area contributed by atoms with Crippen molar-refractivity contribution in [2.24, 2.45) is 5.92 Å². The number of ether oxygens (including phenoxy) is 2. The van der Waals surface area contributed by atoms with Crippen LogP contribution in [0.2, 0.25) is 0 Å². The summed E-state index contributed by atoms with van der Waals surface area (Å²) in [5, 5.41) is 3.02. The van der Waals surface area contributed by atoms with E-state index < -0.39 is 16.1 Å². The third kappa shape index (κ3) is 10.3. The first kappa shape index (κ1) is 33.5. The molecule has 2 amide bonds. The van der Waals surface area contributed by atoms with Crippen molar-refractivity contribution in [3.8, 4) is 11.5 Å². The van der Waals surface area contributed by atoms with Gasteiger partial charge in [0.1, 0.15) is 17.5 Å². The lowest BCUT2D eigenvalue weighted by Gasteiger charge is -2.32. The molecule has 0 saturated carbocycles. The Balaban J connectivity index is 1.89. The van der Waals surface area contributed by atoms with Gasteiger partial charge in [0.15, 0.2) is 0 Å². The van der Waals surface area contributed by atoms with Gasteiger partial charge in [-0.2, -0.15) is 0 Å². The van der Waals surface area contributed by atoms with Gasteiger partial charge in [-0.25, -0.2) is 8.42 Å². The summed E-state index contributed by atoms with van der Waals surface area (Å²) in [6, 6.07) is 23.0. The first-order valence-electron chi connectivity index (χ1n) is 14.4. The predicted octanol–water partition coefficient (Wildman–Crippen LogP) is 4.66. The van der Waals surface area contributed by atoms with E-state index >= 15 is 0 Å². The number of methoxy groups -OCH3 is 2. The summed E-state index contributed by atoms with van der Waals surface area (Å²) >= 11 is 0. The molecule has 1 atom stereocenters. The van der Waals surface area contributed by atoms with Gasteiger partial charge >= 0.3 is 0 Å². The number of hydrogen-bond donors (Lipinski definition) is 1. The number of sulfonamides is 1. The van der Waals surface area contributed by atoms with E-state index in [1.165, 1.54) is 4.31 Å². The molecule has 0 aromatic heterocycles. The molecule has 0 bridgehead atoms. The first-order chi connectivity index (χ1) is 20.5. The van der Waals surface area contributed by atoms with Gasteiger partial charge in [0.05, 0.1) is 26.2 Å². The lowest BCUT2D eigenvalue weighted by molar-refractivity contribution is -0.141. The molecule has 0 radical (unpaired) electrons. The van der Waals surface area contributed by atoms with E-state index in [-0.39, 0.29) is 43.7 Å². The number of nitrogens with zero attached hydrogens (tertiary/aromatic N) is 2. The molecule has 9 nitrogen and oxygen atoms in total. The quantitative estimate of drug-likeness (QED) is 0.253. The molecule has 0 fully saturated rings. The number of hydrogen-bond acceptors (Lipinski definition) is 6. The van der Waals surface area contributed by atoms with Gasteiger partial charge in [0.2, 0.25) is 21.8 Å². The van der Waals surface area contributed by atoms with Crippen LogP contribution in [0.5, 0.6) is 11.5 Å². The number of carbonyl (C=O) groups is 2. The lowest BCUT2D eigenvalue weighted by Crippen LogP contribution is -2.51. The Kier molecular flexibility index (Phi) is 12.4. The molecule has 0 spiro atoms. The van der Waals surface area contributed by atoms with Crippen LogP contribution in [-0.2, 0) is 32.6 Å². The Morgan fingerprint density at radius 1 is 0.860 bits per heavy atom. The van der Waals surface area contributed by atoms with Gasteiger partial charge in [0, 0.05) is 32.5 Å². The van der Waals surface area contributed by atoms with Crippen LogP contribution in [0.15, 0.2) is 78.9 Å². The van der Waals surface area contributed by atoms with Crippen LogP contribution < -0.4 is 19.1 Å². The van der Waals surface area contributed by atoms with E-state index in [2.05, 4.69) is 5.32 Å². The third-order valence-electron chi connectivity index (χ3n) is 6.96. The van der Waals surface area contributed by atoms with Crippen LogP contribution in [0.25, 0.3) is 0 Å². The van der Waals surface area contributed by atoms with Crippen molar-refractivity contribution in [3.05, 3.63) is 90.0 Å². The van der Waals surface area contributed by atoms with Gasteiger partial charge in [-0.1, -0.05) is 56.3 Å². The summed E-state index contributed by atoms with van der Waals surface area (Å²) in [6.07, 6.45) is 1.79. The van der Waals surface area contributed by atoms with Crippen LogP contribution in [-0.4, -0.2) is 64.7 Å². The molecule has 3 aromatic carbocycles. The maximum atomic E-state index is 14.0. The summed E-state index contributed by atoms with van der Waals surface area (Å²) in [6.45, 7) is 4.81. The molecule has 3 aromatic rings. The Morgan fingerprint density at radius 2 is 1.51 bits per heavy atom. The number of anilines is 1. The van der Waals surface area contributed by atoms with Crippen molar-refractivity contribution in [1.82, 2.24) is 10.2 Å². The summed E-state index contributed by atoms with van der Waals surface area (Å²) in [7, 11) is -0.487. The molecule has 0 aliphatic heterocycles. The van der Waals surface area contributed by atoms with Crippen LogP contribution in [0.3, 0.4) is 0 Å². The minimum Gasteiger partial charge on any atom is -0.497 e. The van der Waals surface area contributed by atoms with Gasteiger partial charge in [-0.3, -0.25) is 13.9 Å². The molecular weight excluding hydrogens is 566 g/mol. The Hall–Kier alpha value is -4.05. The summed E-state index contributed by atoms with van der Waals surface area (Å²) in [5.41, 5.74) is 2.23. The van der Waals surface area contributed by atoms with Crippen molar-refractivity contribution in [2.75, 3.05) is 37.9 Å². The lowest BCUT2D eigenvalue weighted by atomic mass is 10.0. The van der Waals surface area contributed by atoms with Crippen LogP contribution in [0.4, 0.5) is 5.69 Å². The van der Waals surface area contributed by atoms with E-state index in [1.54, 1.807) is 43.4 Å². The topological polar surface area (TPSA) is 105 Å². The van der Waals surface area contributed by atoms with Gasteiger partial charge in [0.25, 0.3) is 0 Å². The number of amides is 2. The average Bonchev–Trinajstić information content (AvgIpc) is 2.99. The SMILES string of the molecule is COc1ccc(N(CCCC(=O)N(Cc2cccc(OC)c2)C(Cc2ccccc2)C(=O)NCC(C)C)S(C)(=O)=O)cc1. The fraction of sp³-hybridized carbons (Fsp3) is 0.394. The van der Waals surface area contributed by atoms with Gasteiger partial charge in [-0.15, -0.1) is 0 Å². The standard InChI is InChI=1S/C33H43N3O6S/c1-25(2)23-34-33(38)31(22-26-11-7-6-8-12-26)35(24-27-13-9-14-30(21-27)42-4)32(37)15-10-20-36(43(5,39)40)28-16-18-29(41-3)19-17-28/h6-9,11-14,16-19,21,25,31H,10,15,20,22-24H2,1-5H3,(H,34,38). The van der Waals surface area contributed by atoms with Crippen LogP contribution in [0, 0.1) is 5.92 Å². The van der Waals surface area contributed by atoms with E-state index in [0.717, 1.165) is 17.4 Å². The van der Waals surface area contributed by atoms with Crippen molar-refractivity contribution in [1.29, 1.82) is 0 Å². The highest BCUT2D eigenvalue weighted by molar-refractivity contribution is 7.92. The van der Waals surface area contributed by atoms with Crippen molar-refractivity contribution in [3.63, 3.8) is 0 Å². The number of benzene rings is 3. The average molecular weight is 610 g/mol. The molecule has 0 heterocycles.